The number of fused-ring (bicyclic) bond motifs is 2. The number of aliphatic hydroxyl groups excluding tert-OH is 1. The molecule has 3 aromatic heterocycles. The fraction of sp³-hybridized carbons (Fsp3) is 0.160. The topological polar surface area (TPSA) is 106 Å². The standard InChI is InChI=1S/C25H20ClFN6O3/c1-15-11-17(4-5-19(15)25(35)33(26)36-10-9-34)21-6-7-22-24(29-21)32(31-30-22)14-18-12-16-3-2-8-28-23(16)13-20(18)27/h2-8,11-13,34H,9-10,14H2,1H3. The zero-order valence-corrected chi connectivity index (χ0v) is 19.9. The number of carbonyl (C=O) groups excluding carboxylic acids is 1. The van der Waals surface area contributed by atoms with Gasteiger partial charge in [0.1, 0.15) is 11.3 Å². The van der Waals surface area contributed by atoms with Crippen LogP contribution < -0.4 is 0 Å². The van der Waals surface area contributed by atoms with E-state index in [2.05, 4.69) is 15.3 Å². The third kappa shape index (κ3) is 4.61. The van der Waals surface area contributed by atoms with E-state index in [0.717, 1.165) is 10.9 Å². The molecule has 2 aromatic carbocycles. The lowest BCUT2D eigenvalue weighted by atomic mass is 10.0. The molecule has 0 aliphatic rings. The Morgan fingerprint density at radius 1 is 1.17 bits per heavy atom. The quantitative estimate of drug-likeness (QED) is 0.262. The first-order valence-corrected chi connectivity index (χ1v) is 11.4. The molecule has 1 amide bonds. The number of amides is 1. The molecule has 11 heteroatoms. The Kier molecular flexibility index (Phi) is 6.55. The van der Waals surface area contributed by atoms with Crippen molar-refractivity contribution in [2.24, 2.45) is 0 Å². The molecule has 0 aliphatic carbocycles. The van der Waals surface area contributed by atoms with Gasteiger partial charge in [0.25, 0.3) is 5.91 Å². The summed E-state index contributed by atoms with van der Waals surface area (Å²) in [6, 6.07) is 15.6. The zero-order chi connectivity index (χ0) is 25.2. The highest BCUT2D eigenvalue weighted by atomic mass is 35.5. The van der Waals surface area contributed by atoms with E-state index < -0.39 is 5.91 Å². The lowest BCUT2D eigenvalue weighted by Gasteiger charge is -2.14. The van der Waals surface area contributed by atoms with Gasteiger partial charge in [-0.1, -0.05) is 17.3 Å². The number of benzene rings is 2. The van der Waals surface area contributed by atoms with Crippen LogP contribution in [0, 0.1) is 12.7 Å². The fourth-order valence-electron chi connectivity index (χ4n) is 3.88. The zero-order valence-electron chi connectivity index (χ0n) is 19.1. The number of pyridine rings is 2. The van der Waals surface area contributed by atoms with E-state index in [1.54, 1.807) is 54.2 Å². The molecule has 1 N–H and O–H groups in total. The number of halogens is 2. The third-order valence-corrected chi connectivity index (χ3v) is 5.91. The molecule has 5 aromatic rings. The third-order valence-electron chi connectivity index (χ3n) is 5.66. The predicted molar refractivity (Wildman–Crippen MR) is 131 cm³/mol. The second-order valence-corrected chi connectivity index (χ2v) is 8.37. The molecule has 9 nitrogen and oxygen atoms in total. The minimum absolute atomic E-state index is 0.0992. The van der Waals surface area contributed by atoms with Crippen LogP contribution in [0.15, 0.2) is 60.8 Å². The summed E-state index contributed by atoms with van der Waals surface area (Å²) in [5.74, 6) is -0.930. The van der Waals surface area contributed by atoms with E-state index in [4.69, 9.17) is 26.7 Å². The van der Waals surface area contributed by atoms with Gasteiger partial charge in [-0.2, -0.15) is 0 Å². The Morgan fingerprint density at radius 2 is 2.03 bits per heavy atom. The summed E-state index contributed by atoms with van der Waals surface area (Å²) in [4.78, 5) is 26.4. The summed E-state index contributed by atoms with van der Waals surface area (Å²) < 4.78 is 16.9. The van der Waals surface area contributed by atoms with Crippen LogP contribution in [0.2, 0.25) is 0 Å². The molecule has 0 unspecified atom stereocenters. The van der Waals surface area contributed by atoms with Gasteiger partial charge in [0.2, 0.25) is 0 Å². The predicted octanol–water partition coefficient (Wildman–Crippen LogP) is 4.06. The van der Waals surface area contributed by atoms with Crippen molar-refractivity contribution in [3.63, 3.8) is 0 Å². The van der Waals surface area contributed by atoms with E-state index >= 15 is 0 Å². The van der Waals surface area contributed by atoms with E-state index in [1.165, 1.54) is 6.07 Å². The molecule has 0 saturated carbocycles. The number of hydroxylamine groups is 1. The van der Waals surface area contributed by atoms with Gasteiger partial charge < -0.3 is 5.11 Å². The SMILES string of the molecule is Cc1cc(-c2ccc3nnn(Cc4cc5cccnc5cc4F)c3n2)ccc1C(=O)N(Cl)OCCO. The molecule has 0 spiro atoms. The van der Waals surface area contributed by atoms with Crippen molar-refractivity contribution in [2.45, 2.75) is 13.5 Å². The Bertz CT molecular complexity index is 1590. The van der Waals surface area contributed by atoms with Crippen LogP contribution in [0.4, 0.5) is 4.39 Å². The maximum absolute atomic E-state index is 14.7. The van der Waals surface area contributed by atoms with Gasteiger partial charge in [-0.3, -0.25) is 14.6 Å². The second kappa shape index (κ2) is 9.94. The van der Waals surface area contributed by atoms with Gasteiger partial charge in [-0.15, -0.1) is 9.68 Å². The first-order valence-electron chi connectivity index (χ1n) is 11.0. The number of carbonyl (C=O) groups is 1. The van der Waals surface area contributed by atoms with Crippen molar-refractivity contribution in [2.75, 3.05) is 13.2 Å². The van der Waals surface area contributed by atoms with Crippen molar-refractivity contribution in [3.05, 3.63) is 83.3 Å². The molecule has 5 rings (SSSR count). The minimum Gasteiger partial charge on any atom is -0.394 e. The average molecular weight is 507 g/mol. The lowest BCUT2D eigenvalue weighted by Crippen LogP contribution is -2.24. The van der Waals surface area contributed by atoms with E-state index in [-0.39, 0.29) is 25.6 Å². The molecule has 0 bridgehead atoms. The Morgan fingerprint density at radius 3 is 2.83 bits per heavy atom. The average Bonchev–Trinajstić information content (AvgIpc) is 3.29. The Labute approximate surface area is 209 Å². The number of aryl methyl sites for hydroxylation is 1. The summed E-state index contributed by atoms with van der Waals surface area (Å²) in [6.45, 7) is 1.56. The molecule has 182 valence electrons. The highest BCUT2D eigenvalue weighted by Gasteiger charge is 2.18. The van der Waals surface area contributed by atoms with Gasteiger partial charge in [0, 0.05) is 46.1 Å². The number of rotatable bonds is 7. The van der Waals surface area contributed by atoms with Gasteiger partial charge in [0.15, 0.2) is 5.65 Å². The summed E-state index contributed by atoms with van der Waals surface area (Å²) in [5, 5.41) is 18.0. The van der Waals surface area contributed by atoms with E-state index in [0.29, 0.717) is 43.6 Å². The highest BCUT2D eigenvalue weighted by molar-refractivity contribution is 6.23. The van der Waals surface area contributed by atoms with Gasteiger partial charge in [-0.05, 0) is 48.9 Å². The van der Waals surface area contributed by atoms with Crippen molar-refractivity contribution in [1.82, 2.24) is 29.5 Å². The van der Waals surface area contributed by atoms with Gasteiger partial charge >= 0.3 is 0 Å². The van der Waals surface area contributed by atoms with Crippen molar-refractivity contribution < 1.29 is 19.1 Å². The monoisotopic (exact) mass is 506 g/mol. The van der Waals surface area contributed by atoms with Crippen LogP contribution in [-0.4, -0.2) is 53.8 Å². The maximum atomic E-state index is 14.7. The Hall–Kier alpha value is -3.99. The van der Waals surface area contributed by atoms with Crippen LogP contribution in [0.1, 0.15) is 21.5 Å². The van der Waals surface area contributed by atoms with Crippen LogP contribution in [0.5, 0.6) is 0 Å². The smallest absolute Gasteiger partial charge is 0.293 e. The summed E-state index contributed by atoms with van der Waals surface area (Å²) >= 11 is 5.84. The second-order valence-electron chi connectivity index (χ2n) is 8.06. The van der Waals surface area contributed by atoms with Crippen molar-refractivity contribution in [3.8, 4) is 11.3 Å². The minimum atomic E-state index is -0.549. The van der Waals surface area contributed by atoms with Crippen molar-refractivity contribution in [1.29, 1.82) is 0 Å². The number of nitrogens with zero attached hydrogens (tertiary/aromatic N) is 6. The molecule has 3 heterocycles. The number of hydrogen-bond donors (Lipinski definition) is 1. The van der Waals surface area contributed by atoms with E-state index in [1.807, 2.05) is 12.1 Å². The number of aromatic nitrogens is 5. The van der Waals surface area contributed by atoms with Crippen LogP contribution in [0.25, 0.3) is 33.3 Å². The van der Waals surface area contributed by atoms with E-state index in [9.17, 15) is 9.18 Å². The molecule has 0 radical (unpaired) electrons. The number of hydrogen-bond acceptors (Lipinski definition) is 7. The van der Waals surface area contributed by atoms with Gasteiger partial charge in [0.05, 0.1) is 31.0 Å². The molecular weight excluding hydrogens is 487 g/mol. The first-order chi connectivity index (χ1) is 17.4. The molecule has 0 aliphatic heterocycles. The fourth-order valence-corrected chi connectivity index (χ4v) is 4.04. The molecule has 0 fully saturated rings. The molecular formula is C25H20ClFN6O3. The normalized spacial score (nSPS) is 11.3. The maximum Gasteiger partial charge on any atom is 0.293 e. The summed E-state index contributed by atoms with van der Waals surface area (Å²) in [7, 11) is 0. The molecule has 36 heavy (non-hydrogen) atoms. The van der Waals surface area contributed by atoms with Gasteiger partial charge in [-0.25, -0.2) is 14.1 Å². The largest absolute Gasteiger partial charge is 0.394 e. The summed E-state index contributed by atoms with van der Waals surface area (Å²) in [6.07, 6.45) is 1.62. The molecule has 0 saturated heterocycles. The molecule has 0 atom stereocenters. The first kappa shape index (κ1) is 23.7. The number of aliphatic hydroxyl groups is 1. The van der Waals surface area contributed by atoms with Crippen LogP contribution >= 0.6 is 11.8 Å². The Balaban J connectivity index is 1.45. The highest BCUT2D eigenvalue weighted by Crippen LogP contribution is 2.25. The lowest BCUT2D eigenvalue weighted by molar-refractivity contribution is -0.0696. The van der Waals surface area contributed by atoms with Crippen molar-refractivity contribution >= 4 is 39.8 Å². The summed E-state index contributed by atoms with van der Waals surface area (Å²) in [5.41, 5.74) is 4.51. The van der Waals surface area contributed by atoms with Crippen LogP contribution in [-0.2, 0) is 11.4 Å². The van der Waals surface area contributed by atoms with Crippen LogP contribution in [0.3, 0.4) is 0 Å².